The van der Waals surface area contributed by atoms with Crippen LogP contribution in [0.5, 0.6) is 0 Å². The maximum absolute atomic E-state index is 13.9. The summed E-state index contributed by atoms with van der Waals surface area (Å²) in [5, 5.41) is 2.72. The van der Waals surface area contributed by atoms with E-state index in [-0.39, 0.29) is 28.4 Å². The number of nitrogens with one attached hydrogen (secondary N) is 1. The normalized spacial score (nSPS) is 18.1. The molecule has 2 aliphatic heterocycles. The van der Waals surface area contributed by atoms with Crippen LogP contribution in [-0.4, -0.2) is 41.9 Å². The number of dihydropyridines is 1. The fourth-order valence-corrected chi connectivity index (χ4v) is 5.30. The predicted molar refractivity (Wildman–Crippen MR) is 128 cm³/mol. The Morgan fingerprint density at radius 3 is 2.54 bits per heavy atom. The fraction of sp³-hybridized carbons (Fsp3) is 0.308. The van der Waals surface area contributed by atoms with Crippen molar-refractivity contribution in [1.29, 1.82) is 0 Å². The molecular weight excluding hydrogens is 477 g/mol. The topological polar surface area (TPSA) is 58.6 Å². The summed E-state index contributed by atoms with van der Waals surface area (Å²) in [5.74, 6) is -1.56. The highest BCUT2D eigenvalue weighted by Crippen LogP contribution is 2.47. The van der Waals surface area contributed by atoms with E-state index in [4.69, 9.17) is 4.74 Å². The number of ether oxygens (including phenoxy) is 1. The van der Waals surface area contributed by atoms with Crippen LogP contribution in [0.4, 0.5) is 13.2 Å². The molecule has 0 fully saturated rings. The lowest BCUT2D eigenvalue weighted by Crippen LogP contribution is -2.32. The van der Waals surface area contributed by atoms with Crippen molar-refractivity contribution < 1.29 is 27.5 Å². The number of hydrogen-bond donors (Lipinski definition) is 1. The zero-order valence-corrected chi connectivity index (χ0v) is 20.1. The lowest BCUT2D eigenvalue weighted by Gasteiger charge is -2.30. The van der Waals surface area contributed by atoms with Gasteiger partial charge in [-0.25, -0.2) is 4.79 Å². The third kappa shape index (κ3) is 5.46. The third-order valence-corrected chi connectivity index (χ3v) is 6.93. The largest absolute Gasteiger partial charge is 0.461 e. The average Bonchev–Trinajstić information content (AvgIpc) is 3.18. The van der Waals surface area contributed by atoms with Gasteiger partial charge in [-0.15, -0.1) is 0 Å². The van der Waals surface area contributed by atoms with Gasteiger partial charge in [0.25, 0.3) is 0 Å². The molecule has 9 heteroatoms. The number of alkyl halides is 3. The lowest BCUT2D eigenvalue weighted by atomic mass is 9.79. The molecule has 0 spiro atoms. The van der Waals surface area contributed by atoms with Crippen LogP contribution in [0.1, 0.15) is 29.5 Å². The number of carbonyl (C=O) groups is 2. The van der Waals surface area contributed by atoms with Gasteiger partial charge in [-0.1, -0.05) is 60.3 Å². The number of nitrogens with zero attached hydrogens (tertiary/aromatic N) is 1. The number of likely N-dealkylation sites (N-methyl/N-ethyl adjacent to an activating group) is 1. The van der Waals surface area contributed by atoms with Gasteiger partial charge >= 0.3 is 12.1 Å². The third-order valence-electron chi connectivity index (χ3n) is 6.01. The summed E-state index contributed by atoms with van der Waals surface area (Å²) in [5.41, 5.74) is 1.26. The van der Waals surface area contributed by atoms with Crippen molar-refractivity contribution in [3.05, 3.63) is 93.8 Å². The molecule has 4 rings (SSSR count). The molecule has 1 atom stereocenters. The Balaban J connectivity index is 1.58. The van der Waals surface area contributed by atoms with Gasteiger partial charge in [0.15, 0.2) is 0 Å². The highest BCUT2D eigenvalue weighted by molar-refractivity contribution is 8.14. The van der Waals surface area contributed by atoms with E-state index in [9.17, 15) is 22.8 Å². The Bertz CT molecular complexity index is 1190. The van der Waals surface area contributed by atoms with Gasteiger partial charge in [-0.3, -0.25) is 9.69 Å². The zero-order valence-electron chi connectivity index (χ0n) is 19.3. The molecule has 0 aliphatic carbocycles. The molecule has 35 heavy (non-hydrogen) atoms. The summed E-state index contributed by atoms with van der Waals surface area (Å²) in [6.45, 7) is 2.78. The number of hydrogen-bond acceptors (Lipinski definition) is 6. The number of allylic oxidation sites excluding steroid dienone is 1. The quantitative estimate of drug-likeness (QED) is 0.546. The first-order valence-corrected chi connectivity index (χ1v) is 12.1. The van der Waals surface area contributed by atoms with Crippen LogP contribution < -0.4 is 5.32 Å². The molecule has 0 saturated carbocycles. The Hall–Kier alpha value is -3.04. The molecular formula is C26H25F3N2O3S. The zero-order chi connectivity index (χ0) is 25.2. The number of carbonyl (C=O) groups excluding carboxylic acids is 2. The molecule has 0 amide bonds. The molecule has 0 radical (unpaired) electrons. The molecule has 2 heterocycles. The number of rotatable bonds is 7. The maximum Gasteiger partial charge on any atom is 0.416 e. The Kier molecular flexibility index (Phi) is 7.37. The second kappa shape index (κ2) is 10.3. The van der Waals surface area contributed by atoms with Crippen molar-refractivity contribution >= 4 is 22.8 Å². The minimum atomic E-state index is -4.64. The molecule has 2 aromatic rings. The van der Waals surface area contributed by atoms with Crippen molar-refractivity contribution in [3.8, 4) is 0 Å². The summed E-state index contributed by atoms with van der Waals surface area (Å²) in [7, 11) is 1.89. The highest BCUT2D eigenvalue weighted by atomic mass is 32.2. The van der Waals surface area contributed by atoms with Crippen LogP contribution in [0.25, 0.3) is 0 Å². The Labute approximate surface area is 206 Å². The SMILES string of the molecule is CC1=C(C(=O)OCCN(C)Cc2ccccc2)C(c2ccccc2C(F)(F)F)C2=C(CSC2=O)N1. The predicted octanol–water partition coefficient (Wildman–Crippen LogP) is 4.87. The molecule has 0 aromatic heterocycles. The van der Waals surface area contributed by atoms with E-state index in [2.05, 4.69) is 5.32 Å². The van der Waals surface area contributed by atoms with Crippen LogP contribution in [-0.2, 0) is 27.0 Å². The van der Waals surface area contributed by atoms with Crippen molar-refractivity contribution in [1.82, 2.24) is 10.2 Å². The molecule has 0 saturated heterocycles. The Morgan fingerprint density at radius 1 is 1.14 bits per heavy atom. The van der Waals surface area contributed by atoms with E-state index < -0.39 is 23.6 Å². The fourth-order valence-electron chi connectivity index (χ4n) is 4.40. The van der Waals surface area contributed by atoms with Crippen molar-refractivity contribution in [2.24, 2.45) is 0 Å². The van der Waals surface area contributed by atoms with Gasteiger partial charge in [0.05, 0.1) is 11.1 Å². The van der Waals surface area contributed by atoms with Crippen LogP contribution in [0.15, 0.2) is 77.1 Å². The van der Waals surface area contributed by atoms with E-state index in [1.165, 1.54) is 18.2 Å². The monoisotopic (exact) mass is 502 g/mol. The van der Waals surface area contributed by atoms with E-state index >= 15 is 0 Å². The lowest BCUT2D eigenvalue weighted by molar-refractivity contribution is -0.141. The molecule has 1 unspecified atom stereocenters. The van der Waals surface area contributed by atoms with Crippen LogP contribution in [0, 0.1) is 0 Å². The van der Waals surface area contributed by atoms with Crippen LogP contribution in [0.3, 0.4) is 0 Å². The van der Waals surface area contributed by atoms with Crippen LogP contribution in [0.2, 0.25) is 0 Å². The average molecular weight is 503 g/mol. The van der Waals surface area contributed by atoms with Gasteiger partial charge in [0.2, 0.25) is 5.12 Å². The number of thioether (sulfide) groups is 1. The first kappa shape index (κ1) is 25.1. The molecule has 0 bridgehead atoms. The molecule has 1 N–H and O–H groups in total. The number of halogens is 3. The summed E-state index contributed by atoms with van der Waals surface area (Å²) in [4.78, 5) is 27.9. The number of benzene rings is 2. The van der Waals surface area contributed by atoms with Crippen molar-refractivity contribution in [3.63, 3.8) is 0 Å². The second-order valence-corrected chi connectivity index (χ2v) is 9.46. The van der Waals surface area contributed by atoms with E-state index in [0.29, 0.717) is 30.2 Å². The smallest absolute Gasteiger partial charge is 0.416 e. The summed E-state index contributed by atoms with van der Waals surface area (Å²) < 4.78 is 47.2. The van der Waals surface area contributed by atoms with Gasteiger partial charge in [-0.05, 0) is 31.2 Å². The van der Waals surface area contributed by atoms with Crippen LogP contribution >= 0.6 is 11.8 Å². The van der Waals surface area contributed by atoms with Gasteiger partial charge in [0.1, 0.15) is 6.61 Å². The first-order valence-electron chi connectivity index (χ1n) is 11.1. The summed E-state index contributed by atoms with van der Waals surface area (Å²) in [6, 6.07) is 14.9. The Morgan fingerprint density at radius 2 is 1.83 bits per heavy atom. The molecule has 5 nitrogen and oxygen atoms in total. The standard InChI is InChI=1S/C26H25F3N2O3S/c1-16-21(24(32)34-13-12-31(2)14-17-8-4-3-5-9-17)22(23-20(30-16)15-35-25(23)33)18-10-6-7-11-19(18)26(27,28)29/h3-11,22,30H,12-15H2,1-2H3. The summed E-state index contributed by atoms with van der Waals surface area (Å²) in [6.07, 6.45) is -4.64. The minimum Gasteiger partial charge on any atom is -0.461 e. The number of esters is 1. The van der Waals surface area contributed by atoms with Crippen molar-refractivity contribution in [2.45, 2.75) is 25.6 Å². The second-order valence-electron chi connectivity index (χ2n) is 8.51. The molecule has 184 valence electrons. The maximum atomic E-state index is 13.9. The van der Waals surface area contributed by atoms with Gasteiger partial charge in [-0.2, -0.15) is 13.2 Å². The van der Waals surface area contributed by atoms with Gasteiger partial charge in [0, 0.05) is 41.7 Å². The first-order chi connectivity index (χ1) is 16.7. The van der Waals surface area contributed by atoms with Crippen molar-refractivity contribution in [2.75, 3.05) is 26.0 Å². The van der Waals surface area contributed by atoms with E-state index in [0.717, 1.165) is 23.4 Å². The van der Waals surface area contributed by atoms with Gasteiger partial charge < -0.3 is 10.1 Å². The minimum absolute atomic E-state index is 0.0296. The summed E-state index contributed by atoms with van der Waals surface area (Å²) >= 11 is 1.01. The molecule has 2 aromatic carbocycles. The molecule has 2 aliphatic rings. The van der Waals surface area contributed by atoms with E-state index in [1.807, 2.05) is 42.3 Å². The van der Waals surface area contributed by atoms with E-state index in [1.54, 1.807) is 6.92 Å². The highest BCUT2D eigenvalue weighted by Gasteiger charge is 2.44.